The summed E-state index contributed by atoms with van der Waals surface area (Å²) in [6.07, 6.45) is 1.91. The molecule has 0 saturated carbocycles. The molecule has 1 rings (SSSR count). The van der Waals surface area contributed by atoms with Crippen LogP contribution in [0.2, 0.25) is 0 Å². The highest BCUT2D eigenvalue weighted by Crippen LogP contribution is 2.68. The second-order valence-electron chi connectivity index (χ2n) is 7.42. The molecule has 0 bridgehead atoms. The molecule has 36 heavy (non-hydrogen) atoms. The maximum Gasteiger partial charge on any atom is 0.226 e. The van der Waals surface area contributed by atoms with Gasteiger partial charge in [-0.15, -0.1) is 0 Å². The molecule has 0 nitrogen and oxygen atoms in total. The first kappa shape index (κ1) is 38.5. The molecule has 210 valence electrons. The van der Waals surface area contributed by atoms with Gasteiger partial charge in [0.05, 0.1) is 0 Å². The van der Waals surface area contributed by atoms with E-state index in [0.717, 1.165) is 6.42 Å². The molecule has 1 aromatic carbocycles. The number of benzene rings is 1. The Morgan fingerprint density at radius 3 is 1.28 bits per heavy atom. The van der Waals surface area contributed by atoms with Crippen molar-refractivity contribution in [1.29, 1.82) is 0 Å². The van der Waals surface area contributed by atoms with E-state index < -0.39 is 33.6 Å². The average Bonchev–Trinajstić information content (AvgIpc) is 2.69. The molecule has 0 unspecified atom stereocenters. The number of halogens is 18. The quantitative estimate of drug-likeness (QED) is 0.217. The molecule has 0 aromatic heterocycles. The molecule has 0 fully saturated rings. The molecule has 1 aromatic rings. The fourth-order valence-electron chi connectivity index (χ4n) is 2.75. The molecule has 0 aliphatic rings. The topological polar surface area (TPSA) is 0 Å². The summed E-state index contributed by atoms with van der Waals surface area (Å²) in [6.45, 7) is 1.95. The first-order valence-electron chi connectivity index (χ1n) is 9.20. The van der Waals surface area contributed by atoms with E-state index in [-0.39, 0.29) is 11.1 Å². The first-order chi connectivity index (χ1) is 15.7. The fourth-order valence-corrected chi connectivity index (χ4v) is 7.28. The van der Waals surface area contributed by atoms with E-state index in [4.69, 9.17) is 209 Å². The zero-order valence-electron chi connectivity index (χ0n) is 17.2. The fraction of sp³-hybridized carbons (Fsp3) is 0.667. The summed E-state index contributed by atoms with van der Waals surface area (Å²) in [5.41, 5.74) is 0.470. The predicted molar refractivity (Wildman–Crippen MR) is 170 cm³/mol. The second-order valence-corrected chi connectivity index (χ2v) is 19.9. The number of rotatable bonds is 9. The molecule has 0 spiro atoms. The Bertz CT molecular complexity index is 921. The third kappa shape index (κ3) is 7.05. The predicted octanol–water partition coefficient (Wildman–Crippen LogP) is 13.7. The van der Waals surface area contributed by atoms with Gasteiger partial charge in [-0.2, -0.15) is 0 Å². The van der Waals surface area contributed by atoms with Gasteiger partial charge in [0.2, 0.25) is 16.3 Å². The van der Waals surface area contributed by atoms with Crippen LogP contribution < -0.4 is 0 Å². The van der Waals surface area contributed by atoms with E-state index >= 15 is 0 Å². The second kappa shape index (κ2) is 12.8. The summed E-state index contributed by atoms with van der Waals surface area (Å²) < 4.78 is -19.9. The minimum absolute atomic E-state index is 0.0140. The highest BCUT2D eigenvalue weighted by Gasteiger charge is 2.70. The Kier molecular flexibility index (Phi) is 13.7. The van der Waals surface area contributed by atoms with Crippen molar-refractivity contribution in [3.05, 3.63) is 34.9 Å². The summed E-state index contributed by atoms with van der Waals surface area (Å²) in [5.74, 6) is 0. The van der Waals surface area contributed by atoms with E-state index in [1.54, 1.807) is 6.07 Å². The molecule has 0 saturated heterocycles. The number of hydrogen-bond donors (Lipinski definition) is 0. The summed E-state index contributed by atoms with van der Waals surface area (Å²) in [4.78, 5) is 0. The van der Waals surface area contributed by atoms with Crippen LogP contribution in [0.3, 0.4) is 0 Å². The van der Waals surface area contributed by atoms with Crippen LogP contribution in [0.5, 0.6) is 0 Å². The zero-order chi connectivity index (χ0) is 29.0. The number of hydrogen-bond acceptors (Lipinski definition) is 0. The van der Waals surface area contributed by atoms with E-state index in [1.807, 2.05) is 6.92 Å². The molecule has 18 heteroatoms. The molecule has 0 amide bonds. The Balaban J connectivity index is 3.94. The first-order valence-corrected chi connectivity index (χ1v) is 16.0. The summed E-state index contributed by atoms with van der Waals surface area (Å²) in [5, 5.41) is 0. The van der Waals surface area contributed by atoms with Gasteiger partial charge in [-0.25, -0.2) is 0 Å². The SMILES string of the molecule is CCCCc1ccc(C(Cl)(Cl)C(Cl)(Cl)C(Cl)(Cl)C(Cl)(Cl)Cl)cc1C(Cl)(Cl)C(Cl)(Cl)C(Cl)(Cl)C(Cl)(Cl)Cl. The van der Waals surface area contributed by atoms with Crippen molar-refractivity contribution in [2.75, 3.05) is 0 Å². The lowest BCUT2D eigenvalue weighted by atomic mass is 9.92. The number of unbranched alkanes of at least 4 members (excludes halogenated alkanes) is 1. The van der Waals surface area contributed by atoms with Gasteiger partial charge in [0.15, 0.2) is 17.3 Å². The summed E-state index contributed by atoms with van der Waals surface area (Å²) >= 11 is 113. The molecule has 0 aliphatic heterocycles. The van der Waals surface area contributed by atoms with Gasteiger partial charge in [0.25, 0.3) is 0 Å². The van der Waals surface area contributed by atoms with Crippen LogP contribution in [0.25, 0.3) is 0 Å². The molecule has 0 atom stereocenters. The minimum atomic E-state index is -2.57. The summed E-state index contributed by atoms with van der Waals surface area (Å²) in [7, 11) is 0. The van der Waals surface area contributed by atoms with Crippen molar-refractivity contribution >= 4 is 209 Å². The van der Waals surface area contributed by atoms with E-state index in [1.165, 1.54) is 12.1 Å². The van der Waals surface area contributed by atoms with Crippen LogP contribution in [0, 0.1) is 0 Å². The van der Waals surface area contributed by atoms with Gasteiger partial charge in [-0.1, -0.05) is 234 Å². The van der Waals surface area contributed by atoms with E-state index in [2.05, 4.69) is 0 Å². The minimum Gasteiger partial charge on any atom is -0.0943 e. The van der Waals surface area contributed by atoms with Crippen LogP contribution in [-0.2, 0) is 15.1 Å². The molecule has 0 radical (unpaired) electrons. The Hall–Kier alpha value is 4.44. The average molecular weight is 866 g/mol. The lowest BCUT2D eigenvalue weighted by Gasteiger charge is -2.46. The van der Waals surface area contributed by atoms with E-state index in [0.29, 0.717) is 18.4 Å². The Morgan fingerprint density at radius 1 is 0.528 bits per heavy atom. The lowest BCUT2D eigenvalue weighted by Crippen LogP contribution is -2.55. The van der Waals surface area contributed by atoms with Crippen molar-refractivity contribution in [2.24, 2.45) is 0 Å². The van der Waals surface area contributed by atoms with Crippen molar-refractivity contribution in [1.82, 2.24) is 0 Å². The van der Waals surface area contributed by atoms with Gasteiger partial charge in [-0.05, 0) is 35.6 Å². The number of alkyl halides is 18. The van der Waals surface area contributed by atoms with Crippen LogP contribution in [-0.4, -0.2) is 24.9 Å². The third-order valence-corrected chi connectivity index (χ3v) is 15.8. The molecule has 0 N–H and O–H groups in total. The van der Waals surface area contributed by atoms with E-state index in [9.17, 15) is 0 Å². The highest BCUT2D eigenvalue weighted by molar-refractivity contribution is 6.81. The molecule has 0 heterocycles. The smallest absolute Gasteiger partial charge is 0.0943 e. The van der Waals surface area contributed by atoms with Gasteiger partial charge in [-0.3, -0.25) is 0 Å². The normalized spacial score (nSPS) is 15.4. The molecule has 0 aliphatic carbocycles. The van der Waals surface area contributed by atoms with Crippen molar-refractivity contribution in [3.63, 3.8) is 0 Å². The Morgan fingerprint density at radius 2 is 0.917 bits per heavy atom. The van der Waals surface area contributed by atoms with Crippen LogP contribution in [0.4, 0.5) is 0 Å². The maximum absolute atomic E-state index is 6.72. The zero-order valence-corrected chi connectivity index (χ0v) is 30.8. The lowest BCUT2D eigenvalue weighted by molar-refractivity contribution is 0.586. The van der Waals surface area contributed by atoms with Gasteiger partial charge in [0.1, 0.15) is 0 Å². The van der Waals surface area contributed by atoms with Crippen molar-refractivity contribution < 1.29 is 0 Å². The monoisotopic (exact) mass is 858 g/mol. The molecular weight excluding hydrogens is 854 g/mol. The Labute approximate surface area is 299 Å². The maximum atomic E-state index is 6.72. The molecular formula is C18H12Cl18. The van der Waals surface area contributed by atoms with Crippen LogP contribution in [0.1, 0.15) is 36.5 Å². The highest BCUT2D eigenvalue weighted by atomic mass is 35.6. The number of aryl methyl sites for hydroxylation is 1. The standard InChI is InChI=1S/C18H12Cl18/c1-2-3-4-8-5-6-9(11(19,20)13(23,24)15(27,28)17(31,32)33)7-10(8)12(21,22)14(25,26)16(29,30)18(34,35)36/h5-7H,2-4H2,1H3. The third-order valence-electron chi connectivity index (χ3n) is 4.90. The van der Waals surface area contributed by atoms with Gasteiger partial charge < -0.3 is 0 Å². The van der Waals surface area contributed by atoms with Crippen molar-refractivity contribution in [2.45, 2.75) is 59.8 Å². The van der Waals surface area contributed by atoms with Crippen molar-refractivity contribution in [3.8, 4) is 0 Å². The largest absolute Gasteiger partial charge is 0.226 e. The van der Waals surface area contributed by atoms with Crippen LogP contribution in [0.15, 0.2) is 18.2 Å². The summed E-state index contributed by atoms with van der Waals surface area (Å²) in [6, 6.07) is 4.26. The van der Waals surface area contributed by atoms with Gasteiger partial charge >= 0.3 is 0 Å². The van der Waals surface area contributed by atoms with Gasteiger partial charge in [0, 0.05) is 0 Å². The van der Waals surface area contributed by atoms with Crippen LogP contribution >= 0.6 is 209 Å².